The number of aromatic nitrogens is 1. The third kappa shape index (κ3) is 2.54. The van der Waals surface area contributed by atoms with Gasteiger partial charge in [0.15, 0.2) is 0 Å². The first-order valence-electron chi connectivity index (χ1n) is 7.22. The molecule has 0 spiro atoms. The summed E-state index contributed by atoms with van der Waals surface area (Å²) in [6.45, 7) is 4.06. The van der Waals surface area contributed by atoms with E-state index in [1.165, 1.54) is 11.1 Å². The highest BCUT2D eigenvalue weighted by molar-refractivity contribution is 5.46. The van der Waals surface area contributed by atoms with Crippen LogP contribution in [0.3, 0.4) is 0 Å². The maximum Gasteiger partial charge on any atom is 0.129 e. The fraction of sp³-hybridized carbons (Fsp3) is 0.353. The molecule has 0 aliphatic carbocycles. The van der Waals surface area contributed by atoms with E-state index in [0.29, 0.717) is 0 Å². The average molecular weight is 268 g/mol. The van der Waals surface area contributed by atoms with Crippen molar-refractivity contribution in [2.45, 2.75) is 32.9 Å². The summed E-state index contributed by atoms with van der Waals surface area (Å²) in [4.78, 5) is 7.02. The fourth-order valence-electron chi connectivity index (χ4n) is 2.76. The molecule has 0 unspecified atom stereocenters. The summed E-state index contributed by atoms with van der Waals surface area (Å²) in [5.74, 6) is 0.989. The van der Waals surface area contributed by atoms with Gasteiger partial charge >= 0.3 is 0 Å². The van der Waals surface area contributed by atoms with Gasteiger partial charge in [0.05, 0.1) is 6.61 Å². The third-order valence-electron chi connectivity index (χ3n) is 3.92. The summed E-state index contributed by atoms with van der Waals surface area (Å²) in [6.07, 6.45) is 1.95. The number of aliphatic hydroxyl groups is 1. The number of benzene rings is 1. The molecule has 0 fully saturated rings. The number of anilines is 1. The molecule has 0 amide bonds. The standard InChI is InChI=1S/C17H20N2O/c1-2-16-9-13(12-20)10-17(18-16)19-8-7-14-5-3-4-6-15(14)11-19/h3-6,9-10,20H,2,7-8,11-12H2,1H3. The maximum atomic E-state index is 9.39. The van der Waals surface area contributed by atoms with Crippen molar-refractivity contribution in [1.82, 2.24) is 4.98 Å². The first-order valence-corrected chi connectivity index (χ1v) is 7.22. The van der Waals surface area contributed by atoms with E-state index in [2.05, 4.69) is 36.1 Å². The van der Waals surface area contributed by atoms with E-state index in [1.807, 2.05) is 12.1 Å². The molecule has 1 aliphatic heterocycles. The lowest BCUT2D eigenvalue weighted by molar-refractivity contribution is 0.281. The molecule has 0 saturated heterocycles. The van der Waals surface area contributed by atoms with Crippen LogP contribution in [0.2, 0.25) is 0 Å². The smallest absolute Gasteiger partial charge is 0.129 e. The number of aryl methyl sites for hydroxylation is 1. The minimum atomic E-state index is 0.0763. The Labute approximate surface area is 119 Å². The van der Waals surface area contributed by atoms with Gasteiger partial charge in [-0.25, -0.2) is 4.98 Å². The SMILES string of the molecule is CCc1cc(CO)cc(N2CCc3ccccc3C2)n1. The van der Waals surface area contributed by atoms with Crippen molar-refractivity contribution >= 4 is 5.82 Å². The maximum absolute atomic E-state index is 9.39. The Morgan fingerprint density at radius 2 is 2.00 bits per heavy atom. The Kier molecular flexibility index (Phi) is 3.70. The van der Waals surface area contributed by atoms with Gasteiger partial charge < -0.3 is 10.0 Å². The van der Waals surface area contributed by atoms with Crippen molar-refractivity contribution in [3.63, 3.8) is 0 Å². The van der Waals surface area contributed by atoms with Crippen LogP contribution < -0.4 is 4.90 Å². The highest BCUT2D eigenvalue weighted by Gasteiger charge is 2.17. The number of aliphatic hydroxyl groups excluding tert-OH is 1. The lowest BCUT2D eigenvalue weighted by Gasteiger charge is -2.30. The molecule has 1 N–H and O–H groups in total. The molecule has 0 bridgehead atoms. The normalized spacial score (nSPS) is 14.2. The molecule has 2 aromatic rings. The van der Waals surface area contributed by atoms with Crippen LogP contribution in [0.4, 0.5) is 5.82 Å². The van der Waals surface area contributed by atoms with Gasteiger partial charge in [0.1, 0.15) is 5.82 Å². The number of hydrogen-bond donors (Lipinski definition) is 1. The summed E-state index contributed by atoms with van der Waals surface area (Å²) in [5.41, 5.74) is 4.82. The molecular weight excluding hydrogens is 248 g/mol. The second-order valence-corrected chi connectivity index (χ2v) is 5.28. The van der Waals surface area contributed by atoms with E-state index in [1.54, 1.807) is 0 Å². The molecule has 2 heterocycles. The number of fused-ring (bicyclic) bond motifs is 1. The molecule has 20 heavy (non-hydrogen) atoms. The average Bonchev–Trinajstić information content (AvgIpc) is 2.53. The number of nitrogens with zero attached hydrogens (tertiary/aromatic N) is 2. The molecule has 104 valence electrons. The minimum Gasteiger partial charge on any atom is -0.392 e. The van der Waals surface area contributed by atoms with Crippen LogP contribution in [-0.2, 0) is 26.0 Å². The van der Waals surface area contributed by atoms with Crippen LogP contribution >= 0.6 is 0 Å². The lowest BCUT2D eigenvalue weighted by Crippen LogP contribution is -2.31. The van der Waals surface area contributed by atoms with Gasteiger partial charge in [0.2, 0.25) is 0 Å². The Morgan fingerprint density at radius 3 is 2.75 bits per heavy atom. The van der Waals surface area contributed by atoms with E-state index in [0.717, 1.165) is 43.0 Å². The summed E-state index contributed by atoms with van der Waals surface area (Å²) in [7, 11) is 0. The molecular formula is C17H20N2O. The zero-order valence-corrected chi connectivity index (χ0v) is 11.8. The molecule has 3 rings (SSSR count). The molecule has 0 saturated carbocycles. The van der Waals surface area contributed by atoms with Crippen molar-refractivity contribution in [3.8, 4) is 0 Å². The van der Waals surface area contributed by atoms with Gasteiger partial charge in [0, 0.05) is 18.8 Å². The Morgan fingerprint density at radius 1 is 1.20 bits per heavy atom. The molecule has 1 aromatic heterocycles. The van der Waals surface area contributed by atoms with Crippen LogP contribution in [0.15, 0.2) is 36.4 Å². The van der Waals surface area contributed by atoms with Gasteiger partial charge in [-0.2, -0.15) is 0 Å². The van der Waals surface area contributed by atoms with E-state index in [4.69, 9.17) is 4.98 Å². The first-order chi connectivity index (χ1) is 9.80. The second-order valence-electron chi connectivity index (χ2n) is 5.28. The largest absolute Gasteiger partial charge is 0.392 e. The molecule has 0 atom stereocenters. The highest BCUT2D eigenvalue weighted by atomic mass is 16.3. The van der Waals surface area contributed by atoms with Crippen LogP contribution in [0.25, 0.3) is 0 Å². The van der Waals surface area contributed by atoms with Crippen LogP contribution in [0.5, 0.6) is 0 Å². The van der Waals surface area contributed by atoms with Crippen molar-refractivity contribution in [3.05, 3.63) is 58.8 Å². The predicted molar refractivity (Wildman–Crippen MR) is 80.7 cm³/mol. The first kappa shape index (κ1) is 13.1. The minimum absolute atomic E-state index is 0.0763. The van der Waals surface area contributed by atoms with Crippen molar-refractivity contribution in [1.29, 1.82) is 0 Å². The van der Waals surface area contributed by atoms with E-state index in [9.17, 15) is 5.11 Å². The zero-order chi connectivity index (χ0) is 13.9. The molecule has 0 radical (unpaired) electrons. The Hall–Kier alpha value is -1.87. The van der Waals surface area contributed by atoms with E-state index < -0.39 is 0 Å². The van der Waals surface area contributed by atoms with Gasteiger partial charge in [-0.3, -0.25) is 0 Å². The van der Waals surface area contributed by atoms with Gasteiger partial charge in [-0.05, 0) is 41.7 Å². The predicted octanol–water partition coefficient (Wildman–Crippen LogP) is 2.70. The molecule has 3 heteroatoms. The fourth-order valence-corrected chi connectivity index (χ4v) is 2.76. The highest BCUT2D eigenvalue weighted by Crippen LogP contribution is 2.24. The molecule has 3 nitrogen and oxygen atoms in total. The van der Waals surface area contributed by atoms with Crippen LogP contribution in [-0.4, -0.2) is 16.6 Å². The lowest BCUT2D eigenvalue weighted by atomic mass is 10.00. The van der Waals surface area contributed by atoms with Gasteiger partial charge in [0.25, 0.3) is 0 Å². The summed E-state index contributed by atoms with van der Waals surface area (Å²) < 4.78 is 0. The summed E-state index contributed by atoms with van der Waals surface area (Å²) in [5, 5.41) is 9.39. The Balaban J connectivity index is 1.91. The number of hydrogen-bond acceptors (Lipinski definition) is 3. The van der Waals surface area contributed by atoms with E-state index in [-0.39, 0.29) is 6.61 Å². The number of pyridine rings is 1. The third-order valence-corrected chi connectivity index (χ3v) is 3.92. The molecule has 1 aliphatic rings. The zero-order valence-electron chi connectivity index (χ0n) is 11.8. The van der Waals surface area contributed by atoms with Crippen LogP contribution in [0.1, 0.15) is 29.3 Å². The molecule has 1 aromatic carbocycles. The van der Waals surface area contributed by atoms with Crippen molar-refractivity contribution < 1.29 is 5.11 Å². The summed E-state index contributed by atoms with van der Waals surface area (Å²) in [6, 6.07) is 12.6. The van der Waals surface area contributed by atoms with Crippen LogP contribution in [0, 0.1) is 0 Å². The Bertz CT molecular complexity index is 587. The van der Waals surface area contributed by atoms with E-state index >= 15 is 0 Å². The van der Waals surface area contributed by atoms with Gasteiger partial charge in [-0.1, -0.05) is 31.2 Å². The number of rotatable bonds is 3. The summed E-state index contributed by atoms with van der Waals surface area (Å²) >= 11 is 0. The quantitative estimate of drug-likeness (QED) is 0.930. The monoisotopic (exact) mass is 268 g/mol. The van der Waals surface area contributed by atoms with Gasteiger partial charge in [-0.15, -0.1) is 0 Å². The topological polar surface area (TPSA) is 36.4 Å². The second kappa shape index (κ2) is 5.63. The van der Waals surface area contributed by atoms with Crippen molar-refractivity contribution in [2.75, 3.05) is 11.4 Å². The van der Waals surface area contributed by atoms with Crippen molar-refractivity contribution in [2.24, 2.45) is 0 Å².